The van der Waals surface area contributed by atoms with E-state index in [1.54, 1.807) is 0 Å². The number of amides is 1. The summed E-state index contributed by atoms with van der Waals surface area (Å²) in [6, 6.07) is 0.414. The van der Waals surface area contributed by atoms with E-state index < -0.39 is 0 Å². The van der Waals surface area contributed by atoms with Crippen LogP contribution in [0.1, 0.15) is 47.0 Å². The normalized spacial score (nSPS) is 24.4. The number of nitrogens with one attached hydrogen (secondary N) is 2. The van der Waals surface area contributed by atoms with Gasteiger partial charge in [-0.3, -0.25) is 4.79 Å². The van der Waals surface area contributed by atoms with Gasteiger partial charge in [-0.2, -0.15) is 0 Å². The Labute approximate surface area is 99.4 Å². The summed E-state index contributed by atoms with van der Waals surface area (Å²) in [6.45, 7) is 10.5. The molecule has 1 aliphatic heterocycles. The molecule has 1 unspecified atom stereocenters. The maximum Gasteiger partial charge on any atom is 0.220 e. The Bertz CT molecular complexity index is 236. The molecule has 1 aliphatic rings. The number of piperidine rings is 1. The molecule has 2 N–H and O–H groups in total. The fraction of sp³-hybridized carbons (Fsp3) is 0.923. The second-order valence-electron chi connectivity index (χ2n) is 6.00. The first kappa shape index (κ1) is 13.5. The van der Waals surface area contributed by atoms with Crippen molar-refractivity contribution < 1.29 is 4.79 Å². The van der Waals surface area contributed by atoms with Gasteiger partial charge in [0.15, 0.2) is 0 Å². The molecule has 0 spiro atoms. The summed E-state index contributed by atoms with van der Waals surface area (Å²) >= 11 is 0. The van der Waals surface area contributed by atoms with Gasteiger partial charge in [-0.15, -0.1) is 0 Å². The number of hydrogen-bond donors (Lipinski definition) is 2. The van der Waals surface area contributed by atoms with Crippen LogP contribution in [0.3, 0.4) is 0 Å². The van der Waals surface area contributed by atoms with E-state index in [2.05, 4.69) is 38.3 Å². The monoisotopic (exact) mass is 226 g/mol. The molecular weight excluding hydrogens is 200 g/mol. The van der Waals surface area contributed by atoms with E-state index in [-0.39, 0.29) is 5.91 Å². The summed E-state index contributed by atoms with van der Waals surface area (Å²) < 4.78 is 0. The number of rotatable bonds is 4. The Kier molecular flexibility index (Phi) is 4.78. The summed E-state index contributed by atoms with van der Waals surface area (Å²) in [4.78, 5) is 11.6. The van der Waals surface area contributed by atoms with E-state index in [9.17, 15) is 4.79 Å². The quantitative estimate of drug-likeness (QED) is 0.769. The van der Waals surface area contributed by atoms with E-state index in [1.807, 2.05) is 0 Å². The van der Waals surface area contributed by atoms with Crippen molar-refractivity contribution in [3.63, 3.8) is 0 Å². The molecule has 0 aromatic rings. The lowest BCUT2D eigenvalue weighted by Crippen LogP contribution is -2.52. The first-order valence-corrected chi connectivity index (χ1v) is 6.42. The summed E-state index contributed by atoms with van der Waals surface area (Å²) in [5.41, 5.74) is 0.295. The maximum absolute atomic E-state index is 11.6. The molecule has 3 nitrogen and oxygen atoms in total. The van der Waals surface area contributed by atoms with Gasteiger partial charge in [0.1, 0.15) is 0 Å². The molecule has 1 saturated heterocycles. The Morgan fingerprint density at radius 1 is 1.50 bits per heavy atom. The van der Waals surface area contributed by atoms with Crippen molar-refractivity contribution in [3.8, 4) is 0 Å². The molecule has 0 aromatic carbocycles. The first-order valence-electron chi connectivity index (χ1n) is 6.42. The largest absolute Gasteiger partial charge is 0.355 e. The fourth-order valence-electron chi connectivity index (χ4n) is 2.28. The molecule has 3 heteroatoms. The van der Waals surface area contributed by atoms with Gasteiger partial charge in [0.25, 0.3) is 0 Å². The van der Waals surface area contributed by atoms with E-state index in [0.29, 0.717) is 23.8 Å². The van der Waals surface area contributed by atoms with Crippen LogP contribution < -0.4 is 10.6 Å². The van der Waals surface area contributed by atoms with E-state index in [1.165, 1.54) is 12.8 Å². The van der Waals surface area contributed by atoms with Gasteiger partial charge in [0.2, 0.25) is 5.91 Å². The SMILES string of the molecule is CC(C)CC(=O)NCC1NCCCC1(C)C. The zero-order chi connectivity index (χ0) is 12.2. The minimum atomic E-state index is 0.179. The minimum Gasteiger partial charge on any atom is -0.355 e. The Hall–Kier alpha value is -0.570. The van der Waals surface area contributed by atoms with E-state index in [0.717, 1.165) is 13.1 Å². The smallest absolute Gasteiger partial charge is 0.220 e. The topological polar surface area (TPSA) is 41.1 Å². The zero-order valence-corrected chi connectivity index (χ0v) is 11.1. The van der Waals surface area contributed by atoms with Crippen LogP contribution in [-0.4, -0.2) is 25.0 Å². The van der Waals surface area contributed by atoms with Crippen molar-refractivity contribution in [2.24, 2.45) is 11.3 Å². The van der Waals surface area contributed by atoms with Crippen LogP contribution in [-0.2, 0) is 4.79 Å². The van der Waals surface area contributed by atoms with Crippen molar-refractivity contribution in [1.29, 1.82) is 0 Å². The molecule has 0 saturated carbocycles. The van der Waals surface area contributed by atoms with Crippen LogP contribution >= 0.6 is 0 Å². The summed E-state index contributed by atoms with van der Waals surface area (Å²) in [7, 11) is 0. The third kappa shape index (κ3) is 4.12. The van der Waals surface area contributed by atoms with E-state index in [4.69, 9.17) is 0 Å². The van der Waals surface area contributed by atoms with Crippen molar-refractivity contribution >= 4 is 5.91 Å². The lowest BCUT2D eigenvalue weighted by atomic mass is 9.77. The predicted octanol–water partition coefficient (Wildman–Crippen LogP) is 1.93. The Morgan fingerprint density at radius 3 is 2.75 bits per heavy atom. The number of carbonyl (C=O) groups is 1. The molecular formula is C13H26N2O. The molecule has 16 heavy (non-hydrogen) atoms. The number of carbonyl (C=O) groups excluding carboxylic acids is 1. The van der Waals surface area contributed by atoms with Crippen molar-refractivity contribution in [3.05, 3.63) is 0 Å². The molecule has 0 aromatic heterocycles. The molecule has 94 valence electrons. The highest BCUT2D eigenvalue weighted by Crippen LogP contribution is 2.29. The van der Waals surface area contributed by atoms with Crippen molar-refractivity contribution in [2.45, 2.75) is 53.0 Å². The van der Waals surface area contributed by atoms with Gasteiger partial charge in [-0.1, -0.05) is 27.7 Å². The average molecular weight is 226 g/mol. The standard InChI is InChI=1S/C13H26N2O/c1-10(2)8-12(16)15-9-11-13(3,4)6-5-7-14-11/h10-11,14H,5-9H2,1-4H3,(H,15,16). The lowest BCUT2D eigenvalue weighted by Gasteiger charge is -2.39. The van der Waals surface area contributed by atoms with Crippen LogP contribution in [0.2, 0.25) is 0 Å². The van der Waals surface area contributed by atoms with Crippen LogP contribution in [0.15, 0.2) is 0 Å². The molecule has 0 aliphatic carbocycles. The van der Waals surface area contributed by atoms with Crippen LogP contribution in [0.4, 0.5) is 0 Å². The lowest BCUT2D eigenvalue weighted by molar-refractivity contribution is -0.122. The highest BCUT2D eigenvalue weighted by Gasteiger charge is 2.31. The minimum absolute atomic E-state index is 0.179. The van der Waals surface area contributed by atoms with Gasteiger partial charge < -0.3 is 10.6 Å². The fourth-order valence-corrected chi connectivity index (χ4v) is 2.28. The Morgan fingerprint density at radius 2 is 2.19 bits per heavy atom. The van der Waals surface area contributed by atoms with Gasteiger partial charge in [-0.05, 0) is 30.7 Å². The van der Waals surface area contributed by atoms with Crippen LogP contribution in [0, 0.1) is 11.3 Å². The molecule has 1 rings (SSSR count). The molecule has 0 radical (unpaired) electrons. The summed E-state index contributed by atoms with van der Waals surface area (Å²) in [5, 5.41) is 6.54. The molecule has 1 amide bonds. The van der Waals surface area contributed by atoms with Gasteiger partial charge in [-0.25, -0.2) is 0 Å². The molecule has 1 atom stereocenters. The summed E-state index contributed by atoms with van der Waals surface area (Å²) in [6.07, 6.45) is 3.11. The first-order chi connectivity index (χ1) is 7.42. The Balaban J connectivity index is 2.33. The van der Waals surface area contributed by atoms with Gasteiger partial charge in [0.05, 0.1) is 0 Å². The zero-order valence-electron chi connectivity index (χ0n) is 11.1. The van der Waals surface area contributed by atoms with Crippen molar-refractivity contribution in [2.75, 3.05) is 13.1 Å². The predicted molar refractivity (Wildman–Crippen MR) is 67.3 cm³/mol. The van der Waals surface area contributed by atoms with Crippen LogP contribution in [0.5, 0.6) is 0 Å². The molecule has 1 heterocycles. The van der Waals surface area contributed by atoms with Crippen LogP contribution in [0.25, 0.3) is 0 Å². The highest BCUT2D eigenvalue weighted by molar-refractivity contribution is 5.76. The highest BCUT2D eigenvalue weighted by atomic mass is 16.1. The average Bonchev–Trinajstić information content (AvgIpc) is 2.14. The third-order valence-electron chi connectivity index (χ3n) is 3.43. The third-order valence-corrected chi connectivity index (χ3v) is 3.43. The second kappa shape index (κ2) is 5.67. The van der Waals surface area contributed by atoms with E-state index >= 15 is 0 Å². The molecule has 0 bridgehead atoms. The second-order valence-corrected chi connectivity index (χ2v) is 6.00. The summed E-state index contributed by atoms with van der Waals surface area (Å²) in [5.74, 6) is 0.616. The van der Waals surface area contributed by atoms with Gasteiger partial charge in [0, 0.05) is 19.0 Å². The molecule has 1 fully saturated rings. The van der Waals surface area contributed by atoms with Crippen molar-refractivity contribution in [1.82, 2.24) is 10.6 Å². The van der Waals surface area contributed by atoms with Gasteiger partial charge >= 0.3 is 0 Å². The number of hydrogen-bond acceptors (Lipinski definition) is 2. The maximum atomic E-state index is 11.6.